The van der Waals surface area contributed by atoms with Crippen molar-refractivity contribution in [2.45, 2.75) is 51.5 Å². The highest BCUT2D eigenvalue weighted by Crippen LogP contribution is 2.18. The van der Waals surface area contributed by atoms with Gasteiger partial charge in [-0.2, -0.15) is 0 Å². The molecule has 19 heavy (non-hydrogen) atoms. The van der Waals surface area contributed by atoms with E-state index in [1.807, 2.05) is 4.90 Å². The number of likely N-dealkylation sites (tertiary alicyclic amines) is 1. The third-order valence-corrected chi connectivity index (χ3v) is 4.51. The van der Waals surface area contributed by atoms with E-state index < -0.39 is 0 Å². The highest BCUT2D eigenvalue weighted by atomic mass is 16.5. The van der Waals surface area contributed by atoms with Gasteiger partial charge in [-0.3, -0.25) is 4.79 Å². The predicted molar refractivity (Wildman–Crippen MR) is 76.1 cm³/mol. The van der Waals surface area contributed by atoms with E-state index in [2.05, 4.69) is 12.2 Å². The zero-order valence-electron chi connectivity index (χ0n) is 12.2. The van der Waals surface area contributed by atoms with Crippen LogP contribution in [0.1, 0.15) is 45.4 Å². The minimum absolute atomic E-state index is 0.279. The molecule has 110 valence electrons. The summed E-state index contributed by atoms with van der Waals surface area (Å²) in [6, 6.07) is 0.417. The van der Waals surface area contributed by atoms with E-state index in [0.29, 0.717) is 18.5 Å². The Balaban J connectivity index is 1.69. The van der Waals surface area contributed by atoms with E-state index in [0.717, 1.165) is 39.1 Å². The van der Waals surface area contributed by atoms with Crippen LogP contribution in [0.3, 0.4) is 0 Å². The quantitative estimate of drug-likeness (QED) is 0.845. The molecule has 0 bridgehead atoms. The summed E-state index contributed by atoms with van der Waals surface area (Å²) >= 11 is 0. The molecule has 2 aliphatic rings. The summed E-state index contributed by atoms with van der Waals surface area (Å²) in [5.41, 5.74) is 0. The van der Waals surface area contributed by atoms with Crippen LogP contribution in [0.5, 0.6) is 0 Å². The van der Waals surface area contributed by atoms with Crippen molar-refractivity contribution < 1.29 is 9.53 Å². The Kier molecular flexibility index (Phi) is 6.11. The molecule has 0 radical (unpaired) electrons. The smallest absolute Gasteiger partial charge is 0.236 e. The molecule has 0 spiro atoms. The number of nitrogens with zero attached hydrogens (tertiary/aromatic N) is 1. The number of hydrogen-bond donors (Lipinski definition) is 1. The summed E-state index contributed by atoms with van der Waals surface area (Å²) in [4.78, 5) is 14.2. The molecule has 0 aromatic heterocycles. The van der Waals surface area contributed by atoms with Crippen LogP contribution in [-0.2, 0) is 9.53 Å². The standard InChI is InChI=1S/C15H28N2O2/c1-13(14-6-10-19-11-7-14)16-12-15(18)17-8-4-2-3-5-9-17/h13-14,16H,2-12H2,1H3/t13-/m1/s1. The lowest BCUT2D eigenvalue weighted by Crippen LogP contribution is -2.44. The zero-order valence-corrected chi connectivity index (χ0v) is 12.2. The summed E-state index contributed by atoms with van der Waals surface area (Å²) in [7, 11) is 0. The molecule has 4 heteroatoms. The highest BCUT2D eigenvalue weighted by molar-refractivity contribution is 5.78. The van der Waals surface area contributed by atoms with Gasteiger partial charge in [-0.1, -0.05) is 12.8 Å². The first kappa shape index (κ1) is 14.8. The fraction of sp³-hybridized carbons (Fsp3) is 0.933. The van der Waals surface area contributed by atoms with Crippen LogP contribution >= 0.6 is 0 Å². The van der Waals surface area contributed by atoms with E-state index in [4.69, 9.17) is 4.74 Å². The van der Waals surface area contributed by atoms with Crippen molar-refractivity contribution in [3.63, 3.8) is 0 Å². The van der Waals surface area contributed by atoms with Crippen molar-refractivity contribution in [3.05, 3.63) is 0 Å². The number of ether oxygens (including phenoxy) is 1. The Hall–Kier alpha value is -0.610. The minimum Gasteiger partial charge on any atom is -0.381 e. The Labute approximate surface area is 116 Å². The SMILES string of the molecule is C[C@@H](NCC(=O)N1CCCCCC1)C1CCOCC1. The number of carbonyl (C=O) groups excluding carboxylic acids is 1. The largest absolute Gasteiger partial charge is 0.381 e. The molecule has 2 rings (SSSR count). The molecule has 1 atom stereocenters. The van der Waals surface area contributed by atoms with Gasteiger partial charge in [0.05, 0.1) is 6.54 Å². The predicted octanol–water partition coefficient (Wildman–Crippen LogP) is 1.79. The Morgan fingerprint density at radius 2 is 1.84 bits per heavy atom. The molecule has 0 saturated carbocycles. The van der Waals surface area contributed by atoms with Crippen molar-refractivity contribution in [1.82, 2.24) is 10.2 Å². The molecule has 2 fully saturated rings. The van der Waals surface area contributed by atoms with Gasteiger partial charge in [-0.25, -0.2) is 0 Å². The first-order valence-corrected chi connectivity index (χ1v) is 7.86. The minimum atomic E-state index is 0.279. The van der Waals surface area contributed by atoms with Crippen LogP contribution in [0.4, 0.5) is 0 Å². The maximum absolute atomic E-state index is 12.2. The van der Waals surface area contributed by atoms with Gasteiger partial charge in [0, 0.05) is 32.3 Å². The second-order valence-electron chi connectivity index (χ2n) is 5.91. The Morgan fingerprint density at radius 3 is 2.47 bits per heavy atom. The van der Waals surface area contributed by atoms with Gasteiger partial charge >= 0.3 is 0 Å². The van der Waals surface area contributed by atoms with Crippen molar-refractivity contribution in [1.29, 1.82) is 0 Å². The topological polar surface area (TPSA) is 41.6 Å². The summed E-state index contributed by atoms with van der Waals surface area (Å²) < 4.78 is 5.38. The molecule has 2 aliphatic heterocycles. The lowest BCUT2D eigenvalue weighted by molar-refractivity contribution is -0.130. The number of rotatable bonds is 4. The molecule has 1 N–H and O–H groups in total. The summed E-state index contributed by atoms with van der Waals surface area (Å²) in [5, 5.41) is 3.42. The van der Waals surface area contributed by atoms with E-state index in [1.165, 1.54) is 25.7 Å². The highest BCUT2D eigenvalue weighted by Gasteiger charge is 2.22. The van der Waals surface area contributed by atoms with Crippen molar-refractivity contribution >= 4 is 5.91 Å². The van der Waals surface area contributed by atoms with Crippen LogP contribution in [0.25, 0.3) is 0 Å². The number of nitrogens with one attached hydrogen (secondary N) is 1. The Bertz CT molecular complexity index is 269. The molecular weight excluding hydrogens is 240 g/mol. The third-order valence-electron chi connectivity index (χ3n) is 4.51. The van der Waals surface area contributed by atoms with Gasteiger partial charge in [0.15, 0.2) is 0 Å². The van der Waals surface area contributed by atoms with Crippen LogP contribution in [0.15, 0.2) is 0 Å². The summed E-state index contributed by atoms with van der Waals surface area (Å²) in [6.45, 7) is 6.34. The molecule has 0 aliphatic carbocycles. The van der Waals surface area contributed by atoms with Gasteiger partial charge in [0.1, 0.15) is 0 Å². The van der Waals surface area contributed by atoms with Crippen molar-refractivity contribution in [2.75, 3.05) is 32.8 Å². The summed E-state index contributed by atoms with van der Waals surface area (Å²) in [6.07, 6.45) is 7.12. The first-order valence-electron chi connectivity index (χ1n) is 7.86. The molecule has 2 saturated heterocycles. The fourth-order valence-corrected chi connectivity index (χ4v) is 3.06. The Morgan fingerprint density at radius 1 is 1.21 bits per heavy atom. The third kappa shape index (κ3) is 4.77. The van der Waals surface area contributed by atoms with Gasteiger partial charge < -0.3 is 15.0 Å². The number of amides is 1. The zero-order chi connectivity index (χ0) is 13.5. The first-order chi connectivity index (χ1) is 9.27. The monoisotopic (exact) mass is 268 g/mol. The van der Waals surface area contributed by atoms with Gasteiger partial charge in [0.25, 0.3) is 0 Å². The molecule has 1 amide bonds. The maximum atomic E-state index is 12.2. The molecule has 0 aromatic carbocycles. The molecular formula is C15H28N2O2. The lowest BCUT2D eigenvalue weighted by atomic mass is 9.93. The number of hydrogen-bond acceptors (Lipinski definition) is 3. The van der Waals surface area contributed by atoms with E-state index in [9.17, 15) is 4.79 Å². The van der Waals surface area contributed by atoms with Crippen LogP contribution in [0, 0.1) is 5.92 Å². The fourth-order valence-electron chi connectivity index (χ4n) is 3.06. The molecule has 2 heterocycles. The van der Waals surface area contributed by atoms with E-state index in [1.54, 1.807) is 0 Å². The number of carbonyl (C=O) groups is 1. The van der Waals surface area contributed by atoms with Crippen LogP contribution < -0.4 is 5.32 Å². The molecule has 0 unspecified atom stereocenters. The van der Waals surface area contributed by atoms with E-state index >= 15 is 0 Å². The van der Waals surface area contributed by atoms with Crippen LogP contribution in [-0.4, -0.2) is 49.7 Å². The normalized spacial score (nSPS) is 23.9. The molecule has 0 aromatic rings. The van der Waals surface area contributed by atoms with E-state index in [-0.39, 0.29) is 5.91 Å². The second-order valence-corrected chi connectivity index (χ2v) is 5.91. The maximum Gasteiger partial charge on any atom is 0.236 e. The van der Waals surface area contributed by atoms with Gasteiger partial charge in [-0.15, -0.1) is 0 Å². The van der Waals surface area contributed by atoms with Gasteiger partial charge in [-0.05, 0) is 38.5 Å². The second kappa shape index (κ2) is 7.85. The average molecular weight is 268 g/mol. The van der Waals surface area contributed by atoms with Crippen molar-refractivity contribution in [3.8, 4) is 0 Å². The molecule has 4 nitrogen and oxygen atoms in total. The summed E-state index contributed by atoms with van der Waals surface area (Å²) in [5.74, 6) is 0.937. The average Bonchev–Trinajstić information content (AvgIpc) is 2.74. The lowest BCUT2D eigenvalue weighted by Gasteiger charge is -2.29. The van der Waals surface area contributed by atoms with Crippen LogP contribution in [0.2, 0.25) is 0 Å². The van der Waals surface area contributed by atoms with Gasteiger partial charge in [0.2, 0.25) is 5.91 Å². The van der Waals surface area contributed by atoms with Crippen molar-refractivity contribution in [2.24, 2.45) is 5.92 Å².